The van der Waals surface area contributed by atoms with Crippen LogP contribution in [0.4, 0.5) is 5.95 Å². The summed E-state index contributed by atoms with van der Waals surface area (Å²) in [7, 11) is -3.90. The van der Waals surface area contributed by atoms with E-state index in [1.54, 1.807) is 48.5 Å². The molecule has 1 aromatic heterocycles. The predicted octanol–water partition coefficient (Wildman–Crippen LogP) is 0.549. The van der Waals surface area contributed by atoms with Crippen molar-refractivity contribution >= 4 is 38.8 Å². The van der Waals surface area contributed by atoms with E-state index in [1.807, 2.05) is 0 Å². The average Bonchev–Trinajstić information content (AvgIpc) is 3.21. The number of anilines is 1. The molecule has 12 heteroatoms. The molecule has 188 valence electrons. The van der Waals surface area contributed by atoms with Crippen LogP contribution in [-0.2, 0) is 31.9 Å². The summed E-state index contributed by atoms with van der Waals surface area (Å²) in [4.78, 5) is 31.8. The van der Waals surface area contributed by atoms with E-state index >= 15 is 0 Å². The molecule has 3 rings (SSSR count). The van der Waals surface area contributed by atoms with Gasteiger partial charge >= 0.3 is 0 Å². The number of aromatic amines is 1. The van der Waals surface area contributed by atoms with Gasteiger partial charge in [0.2, 0.25) is 21.8 Å². The van der Waals surface area contributed by atoms with Gasteiger partial charge in [0, 0.05) is 6.54 Å². The number of H-pyrrole nitrogens is 1. The fraction of sp³-hybridized carbons (Fsp3) is 0.261. The summed E-state index contributed by atoms with van der Waals surface area (Å²) < 4.78 is 26.9. The summed E-state index contributed by atoms with van der Waals surface area (Å²) in [6.07, 6.45) is 0. The third-order valence-electron chi connectivity index (χ3n) is 4.80. The Kier molecular flexibility index (Phi) is 9.94. The molecule has 35 heavy (non-hydrogen) atoms. The van der Waals surface area contributed by atoms with E-state index in [0.29, 0.717) is 17.0 Å². The van der Waals surface area contributed by atoms with E-state index in [0.717, 1.165) is 11.1 Å². The highest BCUT2D eigenvalue weighted by Gasteiger charge is 2.26. The van der Waals surface area contributed by atoms with Crippen molar-refractivity contribution < 1.29 is 23.1 Å². The van der Waals surface area contributed by atoms with Gasteiger partial charge in [-0.2, -0.15) is 0 Å². The van der Waals surface area contributed by atoms with E-state index in [4.69, 9.17) is 5.73 Å². The summed E-state index contributed by atoms with van der Waals surface area (Å²) >= 11 is 0. The lowest BCUT2D eigenvalue weighted by Crippen LogP contribution is -2.54. The number of nitrogens with two attached hydrogens (primary N) is 1. The standard InChI is InChI=1S/C21H26N6O5S.C2H4/c1-13(19(29)23-10-15-7-8-16-17(9-15)26-21(22)25-16)24-20(30)18(11-28)27-33(31,32)12-14-5-3-2-4-6-14;1-2/h2-9,13,18,27-28H,10-12H2,1H3,(H,23,29)(H,24,30)(H3,22,25,26);1-2H2/t13-,18+;/m0./s1. The Morgan fingerprint density at radius 3 is 2.46 bits per heavy atom. The molecule has 0 aliphatic carbocycles. The van der Waals surface area contributed by atoms with Crippen LogP contribution in [-0.4, -0.2) is 54.0 Å². The van der Waals surface area contributed by atoms with Crippen LogP contribution in [0.1, 0.15) is 18.1 Å². The third-order valence-corrected chi connectivity index (χ3v) is 6.16. The van der Waals surface area contributed by atoms with Crippen LogP contribution in [0.2, 0.25) is 0 Å². The average molecular weight is 503 g/mol. The molecule has 11 nitrogen and oxygen atoms in total. The van der Waals surface area contributed by atoms with Crippen molar-refractivity contribution in [2.45, 2.75) is 31.3 Å². The quantitative estimate of drug-likeness (QED) is 0.219. The lowest BCUT2D eigenvalue weighted by atomic mass is 10.2. The lowest BCUT2D eigenvalue weighted by molar-refractivity contribution is -0.130. The maximum Gasteiger partial charge on any atom is 0.242 e. The zero-order valence-corrected chi connectivity index (χ0v) is 20.1. The Hall–Kier alpha value is -3.74. The minimum Gasteiger partial charge on any atom is -0.394 e. The van der Waals surface area contributed by atoms with Gasteiger partial charge in [0.25, 0.3) is 0 Å². The Bertz CT molecular complexity index is 1250. The number of imidazole rings is 1. The first-order chi connectivity index (χ1) is 16.7. The number of rotatable bonds is 10. The number of carbonyl (C=O) groups is 2. The number of aliphatic hydroxyl groups is 1. The Labute approximate surface area is 203 Å². The third kappa shape index (κ3) is 8.21. The van der Waals surface area contributed by atoms with Gasteiger partial charge in [0.15, 0.2) is 5.95 Å². The number of nitrogens with zero attached hydrogens (tertiary/aromatic N) is 1. The molecule has 0 saturated heterocycles. The molecule has 0 fully saturated rings. The van der Waals surface area contributed by atoms with Gasteiger partial charge in [-0.1, -0.05) is 36.4 Å². The molecule has 0 saturated carbocycles. The van der Waals surface area contributed by atoms with Crippen LogP contribution in [0.15, 0.2) is 61.7 Å². The molecule has 2 aromatic carbocycles. The molecule has 0 aliphatic rings. The largest absolute Gasteiger partial charge is 0.394 e. The molecule has 1 heterocycles. The van der Waals surface area contributed by atoms with Gasteiger partial charge in [-0.05, 0) is 30.2 Å². The number of aliphatic hydroxyl groups excluding tert-OH is 1. The molecule has 0 spiro atoms. The van der Waals surface area contributed by atoms with Gasteiger partial charge in [-0.25, -0.2) is 18.1 Å². The summed E-state index contributed by atoms with van der Waals surface area (Å²) in [5.74, 6) is -1.34. The first-order valence-electron chi connectivity index (χ1n) is 10.6. The number of hydrogen-bond donors (Lipinski definition) is 6. The van der Waals surface area contributed by atoms with Crippen molar-refractivity contribution in [1.82, 2.24) is 25.3 Å². The number of benzene rings is 2. The first kappa shape index (κ1) is 27.5. The van der Waals surface area contributed by atoms with Crippen LogP contribution in [0.3, 0.4) is 0 Å². The number of nitrogens with one attached hydrogen (secondary N) is 4. The molecule has 2 amide bonds. The van der Waals surface area contributed by atoms with E-state index in [9.17, 15) is 23.1 Å². The van der Waals surface area contributed by atoms with E-state index < -0.39 is 40.5 Å². The van der Waals surface area contributed by atoms with E-state index in [-0.39, 0.29) is 12.3 Å². The second-order valence-electron chi connectivity index (χ2n) is 7.52. The predicted molar refractivity (Wildman–Crippen MR) is 134 cm³/mol. The molecule has 0 radical (unpaired) electrons. The molecular formula is C23H30N6O5S. The normalized spacial score (nSPS) is 12.7. The molecule has 3 aromatic rings. The number of carbonyl (C=O) groups excluding carboxylic acids is 2. The second kappa shape index (κ2) is 12.6. The van der Waals surface area contributed by atoms with Crippen LogP contribution in [0, 0.1) is 0 Å². The van der Waals surface area contributed by atoms with Crippen LogP contribution >= 0.6 is 0 Å². The Balaban J connectivity index is 0.00000210. The van der Waals surface area contributed by atoms with Crippen molar-refractivity contribution in [2.75, 3.05) is 12.3 Å². The summed E-state index contributed by atoms with van der Waals surface area (Å²) in [5.41, 5.74) is 8.38. The number of fused-ring (bicyclic) bond motifs is 1. The zero-order chi connectivity index (χ0) is 26.0. The Morgan fingerprint density at radius 2 is 1.80 bits per heavy atom. The monoisotopic (exact) mass is 502 g/mol. The Morgan fingerprint density at radius 1 is 1.11 bits per heavy atom. The van der Waals surface area contributed by atoms with Gasteiger partial charge < -0.3 is 26.5 Å². The van der Waals surface area contributed by atoms with Gasteiger partial charge in [-0.15, -0.1) is 13.2 Å². The summed E-state index contributed by atoms with van der Waals surface area (Å²) in [5, 5.41) is 14.6. The number of hydrogen-bond acceptors (Lipinski definition) is 7. The fourth-order valence-corrected chi connectivity index (χ4v) is 4.46. The number of aromatic nitrogens is 2. The number of amides is 2. The minimum absolute atomic E-state index is 0.195. The molecular weight excluding hydrogens is 472 g/mol. The van der Waals surface area contributed by atoms with Gasteiger partial charge in [-0.3, -0.25) is 9.59 Å². The first-order valence-corrected chi connectivity index (χ1v) is 12.3. The van der Waals surface area contributed by atoms with Crippen molar-refractivity contribution in [2.24, 2.45) is 0 Å². The van der Waals surface area contributed by atoms with E-state index in [2.05, 4.69) is 38.5 Å². The number of sulfonamides is 1. The highest BCUT2D eigenvalue weighted by molar-refractivity contribution is 7.88. The van der Waals surface area contributed by atoms with Crippen molar-refractivity contribution in [3.63, 3.8) is 0 Å². The van der Waals surface area contributed by atoms with Crippen LogP contribution < -0.4 is 21.1 Å². The maximum absolute atomic E-state index is 12.4. The summed E-state index contributed by atoms with van der Waals surface area (Å²) in [6.45, 7) is 6.89. The zero-order valence-electron chi connectivity index (χ0n) is 19.3. The van der Waals surface area contributed by atoms with Gasteiger partial charge in [0.1, 0.15) is 12.1 Å². The van der Waals surface area contributed by atoms with Crippen molar-refractivity contribution in [3.05, 3.63) is 72.8 Å². The van der Waals surface area contributed by atoms with Crippen LogP contribution in [0.5, 0.6) is 0 Å². The molecule has 2 atom stereocenters. The lowest BCUT2D eigenvalue weighted by Gasteiger charge is -2.19. The maximum atomic E-state index is 12.4. The van der Waals surface area contributed by atoms with Crippen molar-refractivity contribution in [3.8, 4) is 0 Å². The second-order valence-corrected chi connectivity index (χ2v) is 9.27. The SMILES string of the molecule is C=C.C[C@H](NC(=O)[C@@H](CO)NS(=O)(=O)Cc1ccccc1)C(=O)NCc1ccc2nc(N)[nH]c2c1. The topological polar surface area (TPSA) is 179 Å². The molecule has 0 aliphatic heterocycles. The molecule has 0 bridgehead atoms. The highest BCUT2D eigenvalue weighted by Crippen LogP contribution is 2.14. The molecule has 0 unspecified atom stereocenters. The van der Waals surface area contributed by atoms with E-state index in [1.165, 1.54) is 6.92 Å². The minimum atomic E-state index is -3.90. The molecule has 7 N–H and O–H groups in total. The summed E-state index contributed by atoms with van der Waals surface area (Å²) in [6, 6.07) is 11.4. The van der Waals surface area contributed by atoms with Crippen LogP contribution in [0.25, 0.3) is 11.0 Å². The highest BCUT2D eigenvalue weighted by atomic mass is 32.2. The fourth-order valence-electron chi connectivity index (χ4n) is 3.13. The number of nitrogen functional groups attached to an aromatic ring is 1. The van der Waals surface area contributed by atoms with Gasteiger partial charge in [0.05, 0.1) is 23.4 Å². The smallest absolute Gasteiger partial charge is 0.242 e. The van der Waals surface area contributed by atoms with Crippen molar-refractivity contribution in [1.29, 1.82) is 0 Å².